The van der Waals surface area contributed by atoms with Crippen LogP contribution in [-0.2, 0) is 0 Å². The maximum Gasteiger partial charge on any atom is 1.00 e. The Morgan fingerprint density at radius 2 is 1.57 bits per heavy atom. The molecule has 0 amide bonds. The van der Waals surface area contributed by atoms with Gasteiger partial charge in [0.1, 0.15) is 0 Å². The fourth-order valence-corrected chi connectivity index (χ4v) is 1.31. The molecule has 0 aliphatic rings. The van der Waals surface area contributed by atoms with E-state index in [1.165, 1.54) is 29.8 Å². The molecule has 0 unspecified atom stereocenters. The van der Waals surface area contributed by atoms with Crippen LogP contribution in [-0.4, -0.2) is 4.92 Å². The summed E-state index contributed by atoms with van der Waals surface area (Å²) in [5.74, 6) is 0. The number of rotatable bonds is 1. The summed E-state index contributed by atoms with van der Waals surface area (Å²) in [7, 11) is 0. The standard InChI is InChI=1S/C7H7Cl.C7H4N2O2.HNO2.Na/c1-6-2-4-7(8)5-3-6;1-8-6-2-4-7(5-3-6)9(10)11;2-1-3;/h2-5H,1H3;2-5H;(H,2,3);/q;;;+1/p-1. The Morgan fingerprint density at radius 1 is 1.13 bits per heavy atom. The molecule has 0 spiro atoms. The molecule has 0 saturated carbocycles. The first kappa shape index (κ1) is 23.3. The van der Waals surface area contributed by atoms with E-state index < -0.39 is 4.92 Å². The van der Waals surface area contributed by atoms with Crippen molar-refractivity contribution in [1.29, 1.82) is 0 Å². The Kier molecular flexibility index (Phi) is 13.8. The van der Waals surface area contributed by atoms with E-state index >= 15 is 0 Å². The number of nitro benzene ring substituents is 1. The molecule has 0 aliphatic carbocycles. The van der Waals surface area contributed by atoms with Gasteiger partial charge < -0.3 is 10.1 Å². The minimum absolute atomic E-state index is 0. The molecule has 0 radical (unpaired) electrons. The van der Waals surface area contributed by atoms with Crippen LogP contribution in [0, 0.1) is 33.7 Å². The van der Waals surface area contributed by atoms with E-state index in [-0.39, 0.29) is 35.2 Å². The van der Waals surface area contributed by atoms with Gasteiger partial charge in [0, 0.05) is 17.2 Å². The van der Waals surface area contributed by atoms with Crippen LogP contribution in [0.5, 0.6) is 0 Å². The van der Waals surface area contributed by atoms with Crippen molar-refractivity contribution >= 4 is 23.0 Å². The molecule has 114 valence electrons. The number of halogens is 1. The van der Waals surface area contributed by atoms with Gasteiger partial charge in [0.05, 0.1) is 11.5 Å². The first-order valence-electron chi connectivity index (χ1n) is 5.73. The van der Waals surface area contributed by atoms with Gasteiger partial charge in [0.15, 0.2) is 5.69 Å². The smallest absolute Gasteiger partial charge is 0.444 e. The van der Waals surface area contributed by atoms with Crippen molar-refractivity contribution in [1.82, 2.24) is 0 Å². The molecule has 0 atom stereocenters. The van der Waals surface area contributed by atoms with Crippen LogP contribution in [0.15, 0.2) is 53.9 Å². The van der Waals surface area contributed by atoms with Crippen molar-refractivity contribution in [3.05, 3.63) is 90.8 Å². The normalized spacial score (nSPS) is 7.87. The molecule has 2 aromatic carbocycles. The fourth-order valence-electron chi connectivity index (χ4n) is 1.18. The van der Waals surface area contributed by atoms with Crippen LogP contribution < -0.4 is 29.6 Å². The van der Waals surface area contributed by atoms with E-state index in [0.29, 0.717) is 5.69 Å². The van der Waals surface area contributed by atoms with E-state index in [1.54, 1.807) is 0 Å². The number of non-ortho nitro benzene ring substituents is 1. The van der Waals surface area contributed by atoms with Gasteiger partial charge in [0.2, 0.25) is 0 Å². The summed E-state index contributed by atoms with van der Waals surface area (Å²) in [6.45, 7) is 8.61. The monoisotopic (exact) mass is 343 g/mol. The second-order valence-electron chi connectivity index (χ2n) is 3.76. The number of nitro groups is 1. The Labute approximate surface area is 160 Å². The summed E-state index contributed by atoms with van der Waals surface area (Å²) < 4.78 is 0. The summed E-state index contributed by atoms with van der Waals surface area (Å²) in [5, 5.41) is 19.9. The average molecular weight is 344 g/mol. The molecule has 7 nitrogen and oxygen atoms in total. The van der Waals surface area contributed by atoms with Crippen LogP contribution >= 0.6 is 11.6 Å². The summed E-state index contributed by atoms with van der Waals surface area (Å²) in [4.78, 5) is 20.7. The second kappa shape index (κ2) is 13.7. The molecule has 0 fully saturated rings. The third-order valence-electron chi connectivity index (χ3n) is 2.20. The number of aryl methyl sites for hydroxylation is 1. The summed E-state index contributed by atoms with van der Waals surface area (Å²) in [6, 6.07) is 13.2. The molecular weight excluding hydrogens is 333 g/mol. The third-order valence-corrected chi connectivity index (χ3v) is 2.45. The maximum atomic E-state index is 10.1. The largest absolute Gasteiger partial charge is 1.00 e. The van der Waals surface area contributed by atoms with Crippen molar-refractivity contribution in [3.8, 4) is 0 Å². The molecule has 0 aliphatic heterocycles. The van der Waals surface area contributed by atoms with Crippen molar-refractivity contribution in [2.45, 2.75) is 6.92 Å². The molecule has 23 heavy (non-hydrogen) atoms. The minimum atomic E-state index is -0.492. The van der Waals surface area contributed by atoms with Crippen molar-refractivity contribution in [3.63, 3.8) is 0 Å². The van der Waals surface area contributed by atoms with Gasteiger partial charge in [-0.25, -0.2) is 4.85 Å². The number of hydrogen-bond acceptors (Lipinski definition) is 5. The first-order valence-corrected chi connectivity index (χ1v) is 6.11. The molecule has 0 aromatic heterocycles. The quantitative estimate of drug-likeness (QED) is 0.260. The molecule has 2 aromatic rings. The van der Waals surface area contributed by atoms with Crippen LogP contribution in [0.4, 0.5) is 11.4 Å². The van der Waals surface area contributed by atoms with Gasteiger partial charge in [-0.1, -0.05) is 29.3 Å². The van der Waals surface area contributed by atoms with E-state index in [2.05, 4.69) is 4.85 Å². The summed E-state index contributed by atoms with van der Waals surface area (Å²) >= 11 is 5.61. The molecule has 2 rings (SSSR count). The molecule has 0 heterocycles. The topological polar surface area (TPSA) is 100.0 Å². The van der Waals surface area contributed by atoms with E-state index in [1.807, 2.05) is 31.2 Å². The zero-order chi connectivity index (χ0) is 17.0. The van der Waals surface area contributed by atoms with E-state index in [0.717, 1.165) is 10.4 Å². The number of nitrogens with zero attached hydrogens (tertiary/aromatic N) is 3. The van der Waals surface area contributed by atoms with Crippen molar-refractivity contribution in [2.75, 3.05) is 0 Å². The SMILES string of the molecule is Cc1ccc(Cl)cc1.O=N[O-].[C-]#[N+]c1ccc([N+](=O)[O-])cc1.[Na+]. The Bertz CT molecular complexity index is 622. The summed E-state index contributed by atoms with van der Waals surface area (Å²) in [5.41, 5.74) is 1.67. The third kappa shape index (κ3) is 11.3. The molecular formula is C14H11ClN3NaO4. The fraction of sp³-hybridized carbons (Fsp3) is 0.0714. The van der Waals surface area contributed by atoms with E-state index in [9.17, 15) is 10.1 Å². The zero-order valence-corrected chi connectivity index (χ0v) is 15.2. The van der Waals surface area contributed by atoms with Crippen LogP contribution in [0.25, 0.3) is 4.85 Å². The molecule has 0 bridgehead atoms. The van der Waals surface area contributed by atoms with Crippen molar-refractivity contribution < 1.29 is 34.5 Å². The van der Waals surface area contributed by atoms with Crippen LogP contribution in [0.2, 0.25) is 5.02 Å². The summed E-state index contributed by atoms with van der Waals surface area (Å²) in [6.07, 6.45) is 0. The molecule has 0 saturated heterocycles. The van der Waals surface area contributed by atoms with Gasteiger partial charge in [-0.2, -0.15) is 0 Å². The number of hydrogen-bond donors (Lipinski definition) is 0. The zero-order valence-electron chi connectivity index (χ0n) is 12.5. The van der Waals surface area contributed by atoms with Gasteiger partial charge in [-0.3, -0.25) is 10.1 Å². The Balaban J connectivity index is 0. The van der Waals surface area contributed by atoms with Crippen LogP contribution in [0.1, 0.15) is 5.56 Å². The van der Waals surface area contributed by atoms with E-state index in [4.69, 9.17) is 28.3 Å². The van der Waals surface area contributed by atoms with Gasteiger partial charge in [-0.05, 0) is 31.2 Å². The molecule has 0 N–H and O–H groups in total. The van der Waals surface area contributed by atoms with Crippen LogP contribution in [0.3, 0.4) is 0 Å². The maximum absolute atomic E-state index is 10.1. The number of benzene rings is 2. The van der Waals surface area contributed by atoms with Gasteiger partial charge in [0.25, 0.3) is 5.69 Å². The predicted octanol–water partition coefficient (Wildman–Crippen LogP) is 2.05. The average Bonchev–Trinajstić information content (AvgIpc) is 2.52. The van der Waals surface area contributed by atoms with Gasteiger partial charge in [-0.15, -0.1) is 5.34 Å². The predicted molar refractivity (Wildman–Crippen MR) is 84.7 cm³/mol. The first-order chi connectivity index (χ1) is 10.4. The van der Waals surface area contributed by atoms with Gasteiger partial charge >= 0.3 is 29.6 Å². The second-order valence-corrected chi connectivity index (χ2v) is 4.19. The minimum Gasteiger partial charge on any atom is -0.444 e. The Hall–Kier alpha value is -1.98. The Morgan fingerprint density at radius 3 is 1.87 bits per heavy atom. The van der Waals surface area contributed by atoms with Crippen molar-refractivity contribution in [2.24, 2.45) is 5.34 Å². The molecule has 9 heteroatoms.